The zero-order chi connectivity index (χ0) is 12.4. The van der Waals surface area contributed by atoms with Crippen LogP contribution >= 0.6 is 0 Å². The highest BCUT2D eigenvalue weighted by molar-refractivity contribution is 6.60. The highest BCUT2D eigenvalue weighted by Gasteiger charge is 2.37. The van der Waals surface area contributed by atoms with Crippen molar-refractivity contribution in [1.82, 2.24) is 0 Å². The molecule has 16 heavy (non-hydrogen) atoms. The molecule has 0 aliphatic carbocycles. The smallest absolute Gasteiger partial charge is 0.377 e. The van der Waals surface area contributed by atoms with E-state index in [4.69, 9.17) is 13.3 Å². The SMILES string of the molecule is CN.CO[Si](Cc1ccccc1)(OC)OC. The summed E-state index contributed by atoms with van der Waals surface area (Å²) in [7, 11) is 3.92. The molecule has 5 heteroatoms. The van der Waals surface area contributed by atoms with E-state index in [-0.39, 0.29) is 0 Å². The summed E-state index contributed by atoms with van der Waals surface area (Å²) in [6.45, 7) is 0. The van der Waals surface area contributed by atoms with Crippen molar-refractivity contribution in [2.24, 2.45) is 5.73 Å². The van der Waals surface area contributed by atoms with E-state index < -0.39 is 8.80 Å². The minimum absolute atomic E-state index is 0.706. The van der Waals surface area contributed by atoms with E-state index >= 15 is 0 Å². The maximum absolute atomic E-state index is 5.33. The summed E-state index contributed by atoms with van der Waals surface area (Å²) in [4.78, 5) is 0. The third-order valence-electron chi connectivity index (χ3n) is 2.20. The Bertz CT molecular complexity index is 257. The Hall–Kier alpha value is -0.723. The Balaban J connectivity index is 0.00000106. The molecule has 0 bridgehead atoms. The lowest BCUT2D eigenvalue weighted by Gasteiger charge is -2.24. The molecule has 0 aliphatic heterocycles. The topological polar surface area (TPSA) is 53.7 Å². The molecular weight excluding hydrogens is 222 g/mol. The lowest BCUT2D eigenvalue weighted by atomic mass is 10.2. The molecule has 1 aromatic carbocycles. The number of hydrogen-bond donors (Lipinski definition) is 1. The second kappa shape index (κ2) is 8.43. The summed E-state index contributed by atoms with van der Waals surface area (Å²) < 4.78 is 16.0. The van der Waals surface area contributed by atoms with Crippen LogP contribution in [0, 0.1) is 0 Å². The first-order valence-electron chi connectivity index (χ1n) is 5.03. The molecule has 0 saturated heterocycles. The van der Waals surface area contributed by atoms with E-state index in [0.717, 1.165) is 0 Å². The van der Waals surface area contributed by atoms with Gasteiger partial charge >= 0.3 is 8.80 Å². The maximum atomic E-state index is 5.33. The van der Waals surface area contributed by atoms with Crippen LogP contribution in [0.1, 0.15) is 5.56 Å². The van der Waals surface area contributed by atoms with Crippen LogP contribution < -0.4 is 5.73 Å². The summed E-state index contributed by atoms with van der Waals surface area (Å²) >= 11 is 0. The molecule has 0 aromatic heterocycles. The van der Waals surface area contributed by atoms with E-state index in [1.807, 2.05) is 30.3 Å². The van der Waals surface area contributed by atoms with Gasteiger partial charge in [0.05, 0.1) is 0 Å². The van der Waals surface area contributed by atoms with Crippen LogP contribution in [0.15, 0.2) is 30.3 Å². The predicted molar refractivity (Wildman–Crippen MR) is 67.0 cm³/mol. The lowest BCUT2D eigenvalue weighted by Crippen LogP contribution is -2.45. The third-order valence-corrected chi connectivity index (χ3v) is 4.90. The molecule has 0 heterocycles. The van der Waals surface area contributed by atoms with Gasteiger partial charge in [-0.3, -0.25) is 0 Å². The van der Waals surface area contributed by atoms with Crippen LogP contribution in [-0.4, -0.2) is 37.2 Å². The summed E-state index contributed by atoms with van der Waals surface area (Å²) in [5, 5.41) is 0. The van der Waals surface area contributed by atoms with Crippen molar-refractivity contribution < 1.29 is 13.3 Å². The van der Waals surface area contributed by atoms with Crippen molar-refractivity contribution in [1.29, 1.82) is 0 Å². The third kappa shape index (κ3) is 4.42. The first kappa shape index (κ1) is 15.3. The molecule has 0 aliphatic rings. The van der Waals surface area contributed by atoms with Gasteiger partial charge in [-0.15, -0.1) is 0 Å². The van der Waals surface area contributed by atoms with E-state index in [1.54, 1.807) is 21.3 Å². The maximum Gasteiger partial charge on any atom is 0.504 e. The Morgan fingerprint density at radius 3 is 1.75 bits per heavy atom. The van der Waals surface area contributed by atoms with Gasteiger partial charge in [-0.25, -0.2) is 0 Å². The summed E-state index contributed by atoms with van der Waals surface area (Å²) in [6.07, 6.45) is 0. The second-order valence-electron chi connectivity index (χ2n) is 2.96. The fraction of sp³-hybridized carbons (Fsp3) is 0.455. The Morgan fingerprint density at radius 1 is 0.938 bits per heavy atom. The highest BCUT2D eigenvalue weighted by atomic mass is 28.4. The van der Waals surface area contributed by atoms with Crippen molar-refractivity contribution >= 4 is 8.80 Å². The van der Waals surface area contributed by atoms with Crippen LogP contribution in [0.2, 0.25) is 0 Å². The van der Waals surface area contributed by atoms with Crippen LogP contribution in [-0.2, 0) is 19.3 Å². The van der Waals surface area contributed by atoms with Gasteiger partial charge in [-0.1, -0.05) is 30.3 Å². The summed E-state index contributed by atoms with van der Waals surface area (Å²) in [5.74, 6) is 0. The van der Waals surface area contributed by atoms with Crippen molar-refractivity contribution in [3.8, 4) is 0 Å². The minimum Gasteiger partial charge on any atom is -0.377 e. The van der Waals surface area contributed by atoms with Crippen LogP contribution in [0.25, 0.3) is 0 Å². The van der Waals surface area contributed by atoms with Crippen molar-refractivity contribution in [3.63, 3.8) is 0 Å². The summed E-state index contributed by atoms with van der Waals surface area (Å²) in [5.41, 5.74) is 5.67. The molecule has 92 valence electrons. The van der Waals surface area contributed by atoms with Crippen molar-refractivity contribution in [2.75, 3.05) is 28.4 Å². The molecular formula is C11H21NO3Si. The van der Waals surface area contributed by atoms with Gasteiger partial charge in [-0.05, 0) is 12.6 Å². The molecule has 0 fully saturated rings. The highest BCUT2D eigenvalue weighted by Crippen LogP contribution is 2.13. The number of rotatable bonds is 5. The zero-order valence-electron chi connectivity index (χ0n) is 10.4. The van der Waals surface area contributed by atoms with Crippen LogP contribution in [0.4, 0.5) is 0 Å². The molecule has 0 unspecified atom stereocenters. The predicted octanol–water partition coefficient (Wildman–Crippen LogP) is 1.22. The zero-order valence-corrected chi connectivity index (χ0v) is 11.4. The number of hydrogen-bond acceptors (Lipinski definition) is 4. The molecule has 1 rings (SSSR count). The van der Waals surface area contributed by atoms with Gasteiger partial charge in [0.2, 0.25) is 0 Å². The first-order valence-corrected chi connectivity index (χ1v) is 6.96. The lowest BCUT2D eigenvalue weighted by molar-refractivity contribution is 0.122. The van der Waals surface area contributed by atoms with Gasteiger partial charge in [0.15, 0.2) is 0 Å². The standard InChI is InChI=1S/C10H16O3Si.CH5N/c1-11-14(12-2,13-3)9-10-7-5-4-6-8-10;1-2/h4-8H,9H2,1-3H3;2H2,1H3. The Morgan fingerprint density at radius 2 is 1.38 bits per heavy atom. The fourth-order valence-corrected chi connectivity index (χ4v) is 2.98. The molecule has 0 saturated carbocycles. The molecule has 0 atom stereocenters. The van der Waals surface area contributed by atoms with E-state index in [0.29, 0.717) is 6.04 Å². The summed E-state index contributed by atoms with van der Waals surface area (Å²) in [6, 6.07) is 10.8. The molecule has 2 N–H and O–H groups in total. The van der Waals surface area contributed by atoms with E-state index in [2.05, 4.69) is 5.73 Å². The van der Waals surface area contributed by atoms with E-state index in [1.165, 1.54) is 12.6 Å². The fourth-order valence-electron chi connectivity index (χ4n) is 1.31. The van der Waals surface area contributed by atoms with Gasteiger partial charge in [0.1, 0.15) is 0 Å². The second-order valence-corrected chi connectivity index (χ2v) is 5.90. The Kier molecular flexibility index (Phi) is 8.05. The normalized spacial score (nSPS) is 10.6. The van der Waals surface area contributed by atoms with E-state index in [9.17, 15) is 0 Å². The van der Waals surface area contributed by atoms with Gasteiger partial charge in [-0.2, -0.15) is 0 Å². The van der Waals surface area contributed by atoms with Crippen LogP contribution in [0.5, 0.6) is 0 Å². The van der Waals surface area contributed by atoms with Crippen molar-refractivity contribution in [2.45, 2.75) is 6.04 Å². The van der Waals surface area contributed by atoms with Crippen molar-refractivity contribution in [3.05, 3.63) is 35.9 Å². The average Bonchev–Trinajstić information content (AvgIpc) is 2.40. The monoisotopic (exact) mass is 243 g/mol. The van der Waals surface area contributed by atoms with Crippen LogP contribution in [0.3, 0.4) is 0 Å². The van der Waals surface area contributed by atoms with Gasteiger partial charge < -0.3 is 19.0 Å². The number of nitrogens with two attached hydrogens (primary N) is 1. The first-order chi connectivity index (χ1) is 7.76. The largest absolute Gasteiger partial charge is 0.504 e. The van der Waals surface area contributed by atoms with Gasteiger partial charge in [0.25, 0.3) is 0 Å². The molecule has 0 amide bonds. The molecule has 1 aromatic rings. The minimum atomic E-state index is -2.46. The average molecular weight is 243 g/mol. The van der Waals surface area contributed by atoms with Gasteiger partial charge in [0, 0.05) is 27.4 Å². The molecule has 0 radical (unpaired) electrons. The molecule has 4 nitrogen and oxygen atoms in total. The number of benzene rings is 1. The quantitative estimate of drug-likeness (QED) is 0.790. The Labute approximate surface area is 98.7 Å². The molecule has 0 spiro atoms.